The standard InChI is InChI=1S/C19H24/c1-15(2)19-11-7-10-18(14-19)13-16(3)12-17-8-5-4-6-9-17/h4-11,14-16H,12-13H2,1-3H3. The largest absolute Gasteiger partial charge is 0.0622 e. The van der Waals surface area contributed by atoms with Gasteiger partial charge >= 0.3 is 0 Å². The molecule has 0 nitrogen and oxygen atoms in total. The van der Waals surface area contributed by atoms with E-state index in [2.05, 4.69) is 75.4 Å². The van der Waals surface area contributed by atoms with Gasteiger partial charge in [-0.3, -0.25) is 0 Å². The van der Waals surface area contributed by atoms with Crippen molar-refractivity contribution in [3.05, 3.63) is 71.3 Å². The summed E-state index contributed by atoms with van der Waals surface area (Å²) in [6.07, 6.45) is 2.32. The Balaban J connectivity index is 1.99. The van der Waals surface area contributed by atoms with E-state index in [1.165, 1.54) is 16.7 Å². The minimum absolute atomic E-state index is 0.615. The number of rotatable bonds is 5. The Morgan fingerprint density at radius 1 is 0.737 bits per heavy atom. The second kappa shape index (κ2) is 6.56. The molecule has 0 spiro atoms. The molecule has 1 atom stereocenters. The molecule has 0 bridgehead atoms. The molecule has 0 radical (unpaired) electrons. The van der Waals surface area contributed by atoms with E-state index in [0.717, 1.165) is 12.8 Å². The molecule has 0 aliphatic heterocycles. The molecule has 100 valence electrons. The Kier molecular flexibility index (Phi) is 4.79. The van der Waals surface area contributed by atoms with Crippen LogP contribution in [0.15, 0.2) is 54.6 Å². The molecular weight excluding hydrogens is 228 g/mol. The van der Waals surface area contributed by atoms with Crippen LogP contribution in [0.2, 0.25) is 0 Å². The van der Waals surface area contributed by atoms with Gasteiger partial charge in [-0.1, -0.05) is 75.4 Å². The summed E-state index contributed by atoms with van der Waals surface area (Å²) in [6, 6.07) is 19.8. The molecule has 2 rings (SSSR count). The van der Waals surface area contributed by atoms with Crippen molar-refractivity contribution >= 4 is 0 Å². The Labute approximate surface area is 117 Å². The lowest BCUT2D eigenvalue weighted by Gasteiger charge is -2.13. The van der Waals surface area contributed by atoms with Gasteiger partial charge in [0.05, 0.1) is 0 Å². The van der Waals surface area contributed by atoms with Gasteiger partial charge in [0.15, 0.2) is 0 Å². The molecule has 0 aromatic heterocycles. The second-order valence-corrected chi connectivity index (χ2v) is 5.90. The average Bonchev–Trinajstić information content (AvgIpc) is 2.40. The van der Waals surface area contributed by atoms with Crippen LogP contribution in [0.5, 0.6) is 0 Å². The molecule has 0 heterocycles. The fraction of sp³-hybridized carbons (Fsp3) is 0.368. The first-order valence-corrected chi connectivity index (χ1v) is 7.28. The van der Waals surface area contributed by atoms with Gasteiger partial charge in [-0.05, 0) is 41.4 Å². The van der Waals surface area contributed by atoms with Crippen LogP contribution in [0.1, 0.15) is 43.4 Å². The lowest BCUT2D eigenvalue weighted by atomic mass is 9.92. The van der Waals surface area contributed by atoms with Gasteiger partial charge in [-0.15, -0.1) is 0 Å². The van der Waals surface area contributed by atoms with Crippen LogP contribution in [0.3, 0.4) is 0 Å². The fourth-order valence-electron chi connectivity index (χ4n) is 2.57. The molecule has 2 aromatic carbocycles. The molecule has 0 saturated heterocycles. The molecular formula is C19H24. The van der Waals surface area contributed by atoms with Gasteiger partial charge < -0.3 is 0 Å². The van der Waals surface area contributed by atoms with Crippen LogP contribution in [-0.2, 0) is 12.8 Å². The second-order valence-electron chi connectivity index (χ2n) is 5.90. The number of hydrogen-bond donors (Lipinski definition) is 0. The summed E-state index contributed by atoms with van der Waals surface area (Å²) in [7, 11) is 0. The maximum absolute atomic E-state index is 2.37. The van der Waals surface area contributed by atoms with E-state index in [4.69, 9.17) is 0 Å². The van der Waals surface area contributed by atoms with E-state index in [1.807, 2.05) is 0 Å². The molecule has 0 amide bonds. The average molecular weight is 252 g/mol. The van der Waals surface area contributed by atoms with E-state index >= 15 is 0 Å². The van der Waals surface area contributed by atoms with E-state index < -0.39 is 0 Å². The summed E-state index contributed by atoms with van der Waals surface area (Å²) in [5.74, 6) is 1.30. The predicted octanol–water partition coefficient (Wildman–Crippen LogP) is 5.23. The zero-order valence-electron chi connectivity index (χ0n) is 12.3. The van der Waals surface area contributed by atoms with E-state index in [-0.39, 0.29) is 0 Å². The lowest BCUT2D eigenvalue weighted by Crippen LogP contribution is -2.04. The molecule has 0 aliphatic rings. The van der Waals surface area contributed by atoms with Crippen molar-refractivity contribution in [2.75, 3.05) is 0 Å². The molecule has 0 heteroatoms. The van der Waals surface area contributed by atoms with Gasteiger partial charge in [-0.25, -0.2) is 0 Å². The Morgan fingerprint density at radius 3 is 2.05 bits per heavy atom. The highest BCUT2D eigenvalue weighted by Crippen LogP contribution is 2.19. The Hall–Kier alpha value is -1.56. The summed E-state index contributed by atoms with van der Waals surface area (Å²) >= 11 is 0. The van der Waals surface area contributed by atoms with E-state index in [9.17, 15) is 0 Å². The minimum Gasteiger partial charge on any atom is -0.0622 e. The van der Waals surface area contributed by atoms with Crippen LogP contribution in [0.25, 0.3) is 0 Å². The lowest BCUT2D eigenvalue weighted by molar-refractivity contribution is 0.576. The summed E-state index contributed by atoms with van der Waals surface area (Å²) in [4.78, 5) is 0. The van der Waals surface area contributed by atoms with E-state index in [1.54, 1.807) is 0 Å². The van der Waals surface area contributed by atoms with Crippen LogP contribution < -0.4 is 0 Å². The quantitative estimate of drug-likeness (QED) is 0.683. The summed E-state index contributed by atoms with van der Waals surface area (Å²) in [6.45, 7) is 6.86. The van der Waals surface area contributed by atoms with Gasteiger partial charge in [0.1, 0.15) is 0 Å². The van der Waals surface area contributed by atoms with E-state index in [0.29, 0.717) is 11.8 Å². The highest BCUT2D eigenvalue weighted by molar-refractivity contribution is 5.26. The SMILES string of the molecule is CC(Cc1ccccc1)Cc1cccc(C(C)C)c1. The van der Waals surface area contributed by atoms with Crippen LogP contribution in [0, 0.1) is 5.92 Å². The maximum atomic E-state index is 2.37. The molecule has 2 aromatic rings. The molecule has 1 unspecified atom stereocenters. The van der Waals surface area contributed by atoms with Crippen LogP contribution in [-0.4, -0.2) is 0 Å². The molecule has 19 heavy (non-hydrogen) atoms. The highest BCUT2D eigenvalue weighted by atomic mass is 14.1. The number of benzene rings is 2. The van der Waals surface area contributed by atoms with Crippen molar-refractivity contribution < 1.29 is 0 Å². The summed E-state index contributed by atoms with van der Waals surface area (Å²) in [5, 5.41) is 0. The van der Waals surface area contributed by atoms with Gasteiger partial charge in [0.2, 0.25) is 0 Å². The monoisotopic (exact) mass is 252 g/mol. The van der Waals surface area contributed by atoms with Crippen LogP contribution >= 0.6 is 0 Å². The van der Waals surface area contributed by atoms with Crippen molar-refractivity contribution in [3.63, 3.8) is 0 Å². The summed E-state index contributed by atoms with van der Waals surface area (Å²) < 4.78 is 0. The summed E-state index contributed by atoms with van der Waals surface area (Å²) in [5.41, 5.74) is 4.36. The van der Waals surface area contributed by atoms with Crippen LogP contribution in [0.4, 0.5) is 0 Å². The first kappa shape index (κ1) is 13.9. The van der Waals surface area contributed by atoms with Gasteiger partial charge in [0.25, 0.3) is 0 Å². The van der Waals surface area contributed by atoms with Crippen molar-refractivity contribution in [3.8, 4) is 0 Å². The third-order valence-electron chi connectivity index (χ3n) is 3.63. The number of hydrogen-bond acceptors (Lipinski definition) is 0. The maximum Gasteiger partial charge on any atom is -0.0219 e. The first-order chi connectivity index (χ1) is 9.15. The minimum atomic E-state index is 0.615. The molecule has 0 saturated carbocycles. The Morgan fingerprint density at radius 2 is 1.37 bits per heavy atom. The molecule has 0 fully saturated rings. The first-order valence-electron chi connectivity index (χ1n) is 7.28. The van der Waals surface area contributed by atoms with Gasteiger partial charge in [-0.2, -0.15) is 0 Å². The highest BCUT2D eigenvalue weighted by Gasteiger charge is 2.06. The van der Waals surface area contributed by atoms with Crippen molar-refractivity contribution in [2.45, 2.75) is 39.5 Å². The van der Waals surface area contributed by atoms with Crippen molar-refractivity contribution in [1.82, 2.24) is 0 Å². The normalized spacial score (nSPS) is 12.6. The predicted molar refractivity (Wildman–Crippen MR) is 83.5 cm³/mol. The van der Waals surface area contributed by atoms with Gasteiger partial charge in [0, 0.05) is 0 Å². The topological polar surface area (TPSA) is 0 Å². The zero-order chi connectivity index (χ0) is 13.7. The fourth-order valence-corrected chi connectivity index (χ4v) is 2.57. The smallest absolute Gasteiger partial charge is 0.0219 e. The molecule has 0 aliphatic carbocycles. The molecule has 0 N–H and O–H groups in total. The zero-order valence-corrected chi connectivity index (χ0v) is 12.3. The third kappa shape index (κ3) is 4.24. The van der Waals surface area contributed by atoms with Crippen molar-refractivity contribution in [2.24, 2.45) is 5.92 Å². The van der Waals surface area contributed by atoms with Crippen molar-refractivity contribution in [1.29, 1.82) is 0 Å². The Bertz CT molecular complexity index is 496. The third-order valence-corrected chi connectivity index (χ3v) is 3.63.